The molecule has 0 amide bonds. The van der Waals surface area contributed by atoms with Gasteiger partial charge in [-0.15, -0.1) is 0 Å². The summed E-state index contributed by atoms with van der Waals surface area (Å²) in [6.07, 6.45) is 1.12. The van der Waals surface area contributed by atoms with Gasteiger partial charge in [0.2, 0.25) is 0 Å². The number of methoxy groups -OCH3 is 1. The Hall–Kier alpha value is -0.930. The molecule has 0 spiro atoms. The first-order chi connectivity index (χ1) is 8.69. The van der Waals surface area contributed by atoms with Gasteiger partial charge in [-0.2, -0.15) is 0 Å². The molecule has 0 fully saturated rings. The SMILES string of the molecule is CCCNCC(c1ccc(F)cc1)C(C)COC. The molecule has 0 aromatic heterocycles. The lowest BCUT2D eigenvalue weighted by Crippen LogP contribution is -2.28. The largest absolute Gasteiger partial charge is 0.384 e. The molecule has 1 N–H and O–H groups in total. The molecule has 0 aliphatic carbocycles. The molecule has 0 aliphatic heterocycles. The van der Waals surface area contributed by atoms with Crippen LogP contribution in [-0.4, -0.2) is 26.8 Å². The van der Waals surface area contributed by atoms with E-state index in [1.165, 1.54) is 17.7 Å². The van der Waals surface area contributed by atoms with Gasteiger partial charge in [0.25, 0.3) is 0 Å². The van der Waals surface area contributed by atoms with Gasteiger partial charge in [0.1, 0.15) is 5.82 Å². The van der Waals surface area contributed by atoms with Crippen LogP contribution in [0.4, 0.5) is 4.39 Å². The second-order valence-electron chi connectivity index (χ2n) is 4.79. The number of benzene rings is 1. The number of rotatable bonds is 8. The van der Waals surface area contributed by atoms with Crippen molar-refractivity contribution in [3.63, 3.8) is 0 Å². The zero-order valence-corrected chi connectivity index (χ0v) is 11.6. The Morgan fingerprint density at radius 3 is 2.50 bits per heavy atom. The lowest BCUT2D eigenvalue weighted by Gasteiger charge is -2.24. The summed E-state index contributed by atoms with van der Waals surface area (Å²) in [6, 6.07) is 6.81. The van der Waals surface area contributed by atoms with Gasteiger partial charge in [-0.3, -0.25) is 0 Å². The lowest BCUT2D eigenvalue weighted by molar-refractivity contribution is 0.146. The van der Waals surface area contributed by atoms with Gasteiger partial charge in [0.15, 0.2) is 0 Å². The van der Waals surface area contributed by atoms with Gasteiger partial charge < -0.3 is 10.1 Å². The molecule has 0 radical (unpaired) electrons. The third-order valence-electron chi connectivity index (χ3n) is 3.21. The van der Waals surface area contributed by atoms with Gasteiger partial charge in [-0.1, -0.05) is 26.0 Å². The molecule has 0 saturated carbocycles. The van der Waals surface area contributed by atoms with Crippen molar-refractivity contribution in [1.82, 2.24) is 5.32 Å². The van der Waals surface area contributed by atoms with E-state index in [1.807, 2.05) is 12.1 Å². The van der Waals surface area contributed by atoms with Crippen LogP contribution in [0, 0.1) is 11.7 Å². The molecule has 3 heteroatoms. The van der Waals surface area contributed by atoms with Gasteiger partial charge in [-0.25, -0.2) is 4.39 Å². The smallest absolute Gasteiger partial charge is 0.123 e. The Morgan fingerprint density at radius 1 is 1.28 bits per heavy atom. The average molecular weight is 253 g/mol. The summed E-state index contributed by atoms with van der Waals surface area (Å²) >= 11 is 0. The van der Waals surface area contributed by atoms with Crippen LogP contribution < -0.4 is 5.32 Å². The maximum Gasteiger partial charge on any atom is 0.123 e. The molecular weight excluding hydrogens is 229 g/mol. The van der Waals surface area contributed by atoms with E-state index in [0.717, 1.165) is 26.1 Å². The fourth-order valence-electron chi connectivity index (χ4n) is 2.17. The summed E-state index contributed by atoms with van der Waals surface area (Å²) in [6.45, 7) is 6.96. The van der Waals surface area contributed by atoms with Crippen LogP contribution in [0.25, 0.3) is 0 Å². The van der Waals surface area contributed by atoms with Crippen LogP contribution in [0.3, 0.4) is 0 Å². The Bertz CT molecular complexity index is 326. The van der Waals surface area contributed by atoms with Crippen LogP contribution in [0.15, 0.2) is 24.3 Å². The monoisotopic (exact) mass is 253 g/mol. The van der Waals surface area contributed by atoms with Crippen LogP contribution >= 0.6 is 0 Å². The third kappa shape index (κ3) is 4.75. The molecule has 18 heavy (non-hydrogen) atoms. The van der Waals surface area contributed by atoms with E-state index in [2.05, 4.69) is 19.2 Å². The maximum absolute atomic E-state index is 13.0. The summed E-state index contributed by atoms with van der Waals surface area (Å²) in [5.41, 5.74) is 1.17. The van der Waals surface area contributed by atoms with Crippen molar-refractivity contribution < 1.29 is 9.13 Å². The normalized spacial score (nSPS) is 14.4. The number of hydrogen-bond donors (Lipinski definition) is 1. The van der Waals surface area contributed by atoms with E-state index < -0.39 is 0 Å². The molecule has 0 bridgehead atoms. The molecule has 1 aromatic carbocycles. The van der Waals surface area contributed by atoms with E-state index in [0.29, 0.717) is 11.8 Å². The van der Waals surface area contributed by atoms with E-state index in [-0.39, 0.29) is 5.82 Å². The predicted molar refractivity (Wildman–Crippen MR) is 73.3 cm³/mol. The molecule has 1 rings (SSSR count). The van der Waals surface area contributed by atoms with Crippen molar-refractivity contribution >= 4 is 0 Å². The van der Waals surface area contributed by atoms with Gasteiger partial charge in [0, 0.05) is 26.2 Å². The van der Waals surface area contributed by atoms with E-state index in [4.69, 9.17) is 4.74 Å². The second-order valence-corrected chi connectivity index (χ2v) is 4.79. The van der Waals surface area contributed by atoms with E-state index in [9.17, 15) is 4.39 Å². The molecule has 2 atom stereocenters. The highest BCUT2D eigenvalue weighted by atomic mass is 19.1. The minimum Gasteiger partial charge on any atom is -0.384 e. The molecule has 1 aromatic rings. The highest BCUT2D eigenvalue weighted by molar-refractivity contribution is 5.21. The molecule has 2 unspecified atom stereocenters. The van der Waals surface area contributed by atoms with Crippen molar-refractivity contribution in [2.45, 2.75) is 26.2 Å². The topological polar surface area (TPSA) is 21.3 Å². The van der Waals surface area contributed by atoms with Gasteiger partial charge in [0.05, 0.1) is 0 Å². The predicted octanol–water partition coefficient (Wildman–Crippen LogP) is 3.19. The van der Waals surface area contributed by atoms with Crippen LogP contribution in [0.1, 0.15) is 31.7 Å². The number of hydrogen-bond acceptors (Lipinski definition) is 2. The Kier molecular flexibility index (Phi) is 6.91. The Morgan fingerprint density at radius 2 is 1.94 bits per heavy atom. The summed E-state index contributed by atoms with van der Waals surface area (Å²) in [4.78, 5) is 0. The van der Waals surface area contributed by atoms with Crippen LogP contribution in [0.2, 0.25) is 0 Å². The van der Waals surface area contributed by atoms with Gasteiger partial charge >= 0.3 is 0 Å². The first kappa shape index (κ1) is 15.1. The quantitative estimate of drug-likeness (QED) is 0.718. The number of ether oxygens (including phenoxy) is 1. The lowest BCUT2D eigenvalue weighted by atomic mass is 9.87. The fourth-order valence-corrected chi connectivity index (χ4v) is 2.17. The summed E-state index contributed by atoms with van der Waals surface area (Å²) in [7, 11) is 1.72. The first-order valence-electron chi connectivity index (χ1n) is 6.64. The second kappa shape index (κ2) is 8.22. The Labute approximate surface area is 110 Å². The number of nitrogens with one attached hydrogen (secondary N) is 1. The molecule has 2 nitrogen and oxygen atoms in total. The standard InChI is InChI=1S/C15H24FNO/c1-4-9-17-10-15(12(2)11-18-3)13-5-7-14(16)8-6-13/h5-8,12,15,17H,4,9-11H2,1-3H3. The molecule has 102 valence electrons. The van der Waals surface area contributed by atoms with E-state index >= 15 is 0 Å². The molecular formula is C15H24FNO. The van der Waals surface area contributed by atoms with Crippen molar-refractivity contribution in [2.75, 3.05) is 26.8 Å². The highest BCUT2D eigenvalue weighted by Crippen LogP contribution is 2.24. The van der Waals surface area contributed by atoms with Gasteiger partial charge in [-0.05, 0) is 36.6 Å². The van der Waals surface area contributed by atoms with Crippen molar-refractivity contribution in [3.8, 4) is 0 Å². The third-order valence-corrected chi connectivity index (χ3v) is 3.21. The van der Waals surface area contributed by atoms with Crippen molar-refractivity contribution in [3.05, 3.63) is 35.6 Å². The van der Waals surface area contributed by atoms with Crippen molar-refractivity contribution in [2.24, 2.45) is 5.92 Å². The molecule has 0 heterocycles. The minimum absolute atomic E-state index is 0.182. The fraction of sp³-hybridized carbons (Fsp3) is 0.600. The molecule has 0 saturated heterocycles. The van der Waals surface area contributed by atoms with E-state index in [1.54, 1.807) is 7.11 Å². The zero-order valence-electron chi connectivity index (χ0n) is 11.6. The minimum atomic E-state index is -0.182. The van der Waals surface area contributed by atoms with Crippen LogP contribution in [0.5, 0.6) is 0 Å². The first-order valence-corrected chi connectivity index (χ1v) is 6.64. The Balaban J connectivity index is 2.72. The summed E-state index contributed by atoms with van der Waals surface area (Å²) < 4.78 is 18.2. The maximum atomic E-state index is 13.0. The summed E-state index contributed by atoms with van der Waals surface area (Å²) in [5, 5.41) is 3.44. The van der Waals surface area contributed by atoms with Crippen molar-refractivity contribution in [1.29, 1.82) is 0 Å². The number of halogens is 1. The molecule has 0 aliphatic rings. The average Bonchev–Trinajstić information content (AvgIpc) is 2.36. The zero-order chi connectivity index (χ0) is 13.4. The summed E-state index contributed by atoms with van der Waals surface area (Å²) in [5.74, 6) is 0.584. The highest BCUT2D eigenvalue weighted by Gasteiger charge is 2.18. The van der Waals surface area contributed by atoms with Crippen LogP contribution in [-0.2, 0) is 4.74 Å².